The van der Waals surface area contributed by atoms with Crippen molar-refractivity contribution in [1.82, 2.24) is 5.32 Å². The SMILES string of the molecule is CC(C)(C)OC(=O)NC(CCO)C(=O)OC(C)(C)C. The average molecular weight is 275 g/mol. The molecular weight excluding hydrogens is 250 g/mol. The van der Waals surface area contributed by atoms with Crippen LogP contribution in [0.4, 0.5) is 4.79 Å². The van der Waals surface area contributed by atoms with Gasteiger partial charge in [0, 0.05) is 13.0 Å². The normalized spacial score (nSPS) is 13.6. The number of hydrogen-bond donors (Lipinski definition) is 2. The van der Waals surface area contributed by atoms with Crippen molar-refractivity contribution in [2.24, 2.45) is 0 Å². The van der Waals surface area contributed by atoms with E-state index in [2.05, 4.69) is 5.32 Å². The Morgan fingerprint density at radius 2 is 1.53 bits per heavy atom. The zero-order valence-electron chi connectivity index (χ0n) is 12.6. The van der Waals surface area contributed by atoms with Gasteiger partial charge in [0.15, 0.2) is 0 Å². The molecule has 1 unspecified atom stereocenters. The van der Waals surface area contributed by atoms with Crippen LogP contribution in [0.1, 0.15) is 48.0 Å². The van der Waals surface area contributed by atoms with E-state index >= 15 is 0 Å². The van der Waals surface area contributed by atoms with Gasteiger partial charge in [0.2, 0.25) is 0 Å². The molecule has 0 aliphatic carbocycles. The van der Waals surface area contributed by atoms with E-state index in [1.54, 1.807) is 41.5 Å². The summed E-state index contributed by atoms with van der Waals surface area (Å²) in [5.74, 6) is -0.590. The quantitative estimate of drug-likeness (QED) is 0.761. The summed E-state index contributed by atoms with van der Waals surface area (Å²) in [4.78, 5) is 23.4. The van der Waals surface area contributed by atoms with Crippen molar-refractivity contribution in [2.45, 2.75) is 65.2 Å². The van der Waals surface area contributed by atoms with Crippen LogP contribution in [0.3, 0.4) is 0 Å². The van der Waals surface area contributed by atoms with Crippen molar-refractivity contribution < 1.29 is 24.2 Å². The number of esters is 1. The molecule has 0 aromatic heterocycles. The maximum absolute atomic E-state index is 11.8. The molecule has 1 amide bonds. The lowest BCUT2D eigenvalue weighted by Crippen LogP contribution is -2.46. The van der Waals surface area contributed by atoms with E-state index in [9.17, 15) is 9.59 Å². The Bertz CT molecular complexity index is 314. The number of aliphatic hydroxyl groups excluding tert-OH is 1. The molecule has 2 N–H and O–H groups in total. The second-order valence-electron chi connectivity index (χ2n) is 6.24. The Morgan fingerprint density at radius 3 is 1.89 bits per heavy atom. The smallest absolute Gasteiger partial charge is 0.408 e. The fraction of sp³-hybridized carbons (Fsp3) is 0.846. The van der Waals surface area contributed by atoms with Gasteiger partial charge in [-0.2, -0.15) is 0 Å². The highest BCUT2D eigenvalue weighted by Crippen LogP contribution is 2.11. The summed E-state index contributed by atoms with van der Waals surface area (Å²) in [5, 5.41) is 11.3. The lowest BCUT2D eigenvalue weighted by molar-refractivity contribution is -0.157. The van der Waals surface area contributed by atoms with E-state index in [1.807, 2.05) is 0 Å². The number of aliphatic hydroxyl groups is 1. The van der Waals surface area contributed by atoms with Crippen LogP contribution >= 0.6 is 0 Å². The van der Waals surface area contributed by atoms with Crippen LogP contribution in [0, 0.1) is 0 Å². The molecule has 0 radical (unpaired) electrons. The molecule has 6 nitrogen and oxygen atoms in total. The molecule has 0 saturated carbocycles. The first-order valence-electron chi connectivity index (χ1n) is 6.28. The van der Waals surface area contributed by atoms with Gasteiger partial charge in [0.25, 0.3) is 0 Å². The number of rotatable bonds is 4. The average Bonchev–Trinajstić information content (AvgIpc) is 2.10. The molecule has 0 aromatic rings. The predicted octanol–water partition coefficient (Wildman–Crippen LogP) is 1.60. The summed E-state index contributed by atoms with van der Waals surface area (Å²) < 4.78 is 10.2. The van der Waals surface area contributed by atoms with Gasteiger partial charge in [0.1, 0.15) is 17.2 Å². The van der Waals surface area contributed by atoms with Crippen LogP contribution in [0.5, 0.6) is 0 Å². The molecule has 6 heteroatoms. The van der Waals surface area contributed by atoms with Crippen molar-refractivity contribution in [3.63, 3.8) is 0 Å². The van der Waals surface area contributed by atoms with Gasteiger partial charge in [-0.25, -0.2) is 9.59 Å². The Kier molecular flexibility index (Phi) is 6.29. The highest BCUT2D eigenvalue weighted by molar-refractivity contribution is 5.81. The molecular formula is C13H25NO5. The van der Waals surface area contributed by atoms with E-state index in [1.165, 1.54) is 0 Å². The van der Waals surface area contributed by atoms with Crippen LogP contribution in [0.15, 0.2) is 0 Å². The van der Waals surface area contributed by atoms with Gasteiger partial charge in [-0.05, 0) is 41.5 Å². The summed E-state index contributed by atoms with van der Waals surface area (Å²) in [7, 11) is 0. The van der Waals surface area contributed by atoms with Crippen LogP contribution < -0.4 is 5.32 Å². The van der Waals surface area contributed by atoms with Gasteiger partial charge in [-0.1, -0.05) is 0 Å². The molecule has 0 spiro atoms. The van der Waals surface area contributed by atoms with E-state index in [4.69, 9.17) is 14.6 Å². The van der Waals surface area contributed by atoms with Crippen molar-refractivity contribution in [1.29, 1.82) is 0 Å². The number of ether oxygens (including phenoxy) is 2. The van der Waals surface area contributed by atoms with E-state index in [0.29, 0.717) is 0 Å². The van der Waals surface area contributed by atoms with Crippen LogP contribution in [0.25, 0.3) is 0 Å². The number of amides is 1. The molecule has 0 heterocycles. The first-order valence-corrected chi connectivity index (χ1v) is 6.28. The summed E-state index contributed by atoms with van der Waals surface area (Å²) in [6.07, 6.45) is -0.634. The molecule has 0 rings (SSSR count). The van der Waals surface area contributed by atoms with Crippen molar-refractivity contribution in [2.75, 3.05) is 6.61 Å². The predicted molar refractivity (Wildman–Crippen MR) is 70.7 cm³/mol. The lowest BCUT2D eigenvalue weighted by atomic mass is 10.1. The number of carbonyl (C=O) groups excluding carboxylic acids is 2. The summed E-state index contributed by atoms with van der Waals surface area (Å²) >= 11 is 0. The molecule has 19 heavy (non-hydrogen) atoms. The second kappa shape index (κ2) is 6.75. The van der Waals surface area contributed by atoms with Gasteiger partial charge >= 0.3 is 12.1 Å². The fourth-order valence-corrected chi connectivity index (χ4v) is 1.20. The molecule has 112 valence electrons. The standard InChI is InChI=1S/C13H25NO5/c1-12(2,3)18-10(16)9(7-8-15)14-11(17)19-13(4,5)6/h9,15H,7-8H2,1-6H3,(H,14,17). The summed E-state index contributed by atoms with van der Waals surface area (Å²) in [5.41, 5.74) is -1.30. The number of carbonyl (C=O) groups is 2. The highest BCUT2D eigenvalue weighted by Gasteiger charge is 2.28. The summed E-state index contributed by atoms with van der Waals surface area (Å²) in [6.45, 7) is 10.1. The van der Waals surface area contributed by atoms with Gasteiger partial charge in [0.05, 0.1) is 0 Å². The summed E-state index contributed by atoms with van der Waals surface area (Å²) in [6, 6.07) is -0.918. The lowest BCUT2D eigenvalue weighted by Gasteiger charge is -2.25. The van der Waals surface area contributed by atoms with E-state index < -0.39 is 29.3 Å². The monoisotopic (exact) mass is 275 g/mol. The minimum absolute atomic E-state index is 0.0775. The van der Waals surface area contributed by atoms with Crippen molar-refractivity contribution in [3.8, 4) is 0 Å². The topological polar surface area (TPSA) is 84.9 Å². The first kappa shape index (κ1) is 17.7. The number of alkyl carbamates (subject to hydrolysis) is 1. The minimum Gasteiger partial charge on any atom is -0.458 e. The fourth-order valence-electron chi connectivity index (χ4n) is 1.20. The Labute approximate surface area is 114 Å². The Hall–Kier alpha value is -1.30. The third kappa shape index (κ3) is 9.30. The Balaban J connectivity index is 4.57. The van der Waals surface area contributed by atoms with Gasteiger partial charge in [-0.3, -0.25) is 0 Å². The zero-order valence-corrected chi connectivity index (χ0v) is 12.6. The van der Waals surface area contributed by atoms with Crippen LogP contribution in [-0.2, 0) is 14.3 Å². The number of nitrogens with one attached hydrogen (secondary N) is 1. The third-order valence-corrected chi connectivity index (χ3v) is 1.80. The van der Waals surface area contributed by atoms with Crippen LogP contribution in [0.2, 0.25) is 0 Å². The molecule has 0 aromatic carbocycles. The van der Waals surface area contributed by atoms with E-state index in [0.717, 1.165) is 0 Å². The zero-order chi connectivity index (χ0) is 15.3. The maximum Gasteiger partial charge on any atom is 0.408 e. The molecule has 0 bridgehead atoms. The highest BCUT2D eigenvalue weighted by atomic mass is 16.6. The second-order valence-corrected chi connectivity index (χ2v) is 6.24. The first-order chi connectivity index (χ1) is 8.44. The molecule has 0 saturated heterocycles. The molecule has 0 aliphatic rings. The van der Waals surface area contributed by atoms with Gasteiger partial charge < -0.3 is 19.9 Å². The molecule has 0 fully saturated rings. The third-order valence-electron chi connectivity index (χ3n) is 1.80. The number of hydrogen-bond acceptors (Lipinski definition) is 5. The minimum atomic E-state index is -0.918. The van der Waals surface area contributed by atoms with Crippen LogP contribution in [-0.4, -0.2) is 41.0 Å². The van der Waals surface area contributed by atoms with Crippen molar-refractivity contribution in [3.05, 3.63) is 0 Å². The Morgan fingerprint density at radius 1 is 1.05 bits per heavy atom. The molecule has 0 aliphatic heterocycles. The largest absolute Gasteiger partial charge is 0.458 e. The van der Waals surface area contributed by atoms with Crippen molar-refractivity contribution >= 4 is 12.1 Å². The molecule has 1 atom stereocenters. The van der Waals surface area contributed by atoms with E-state index in [-0.39, 0.29) is 13.0 Å². The maximum atomic E-state index is 11.8. The van der Waals surface area contributed by atoms with Gasteiger partial charge in [-0.15, -0.1) is 0 Å².